The molecule has 3 heterocycles. The van der Waals surface area contributed by atoms with Crippen LogP contribution < -0.4 is 14.2 Å². The first-order valence-corrected chi connectivity index (χ1v) is 18.6. The van der Waals surface area contributed by atoms with Gasteiger partial charge < -0.3 is 24.2 Å². The second-order valence-electron chi connectivity index (χ2n) is 13.9. The molecule has 0 spiro atoms. The minimum absolute atomic E-state index is 0.143. The highest BCUT2D eigenvalue weighted by Gasteiger charge is 2.27. The van der Waals surface area contributed by atoms with Crippen molar-refractivity contribution >= 4 is 17.4 Å². The van der Waals surface area contributed by atoms with E-state index in [2.05, 4.69) is 20.9 Å². The smallest absolute Gasteiger partial charge is 0.172 e. The molecule has 0 radical (unpaired) electrons. The summed E-state index contributed by atoms with van der Waals surface area (Å²) in [6.45, 7) is 7.92. The number of carbonyl (C=O) groups is 1. The number of ketones is 1. The van der Waals surface area contributed by atoms with Crippen LogP contribution in [0.5, 0.6) is 17.2 Å². The van der Waals surface area contributed by atoms with E-state index in [4.69, 9.17) is 25.8 Å². The van der Waals surface area contributed by atoms with Gasteiger partial charge in [0.05, 0.1) is 29.3 Å². The molecule has 0 aliphatic carbocycles. The van der Waals surface area contributed by atoms with Gasteiger partial charge in [-0.05, 0) is 81.0 Å². The highest BCUT2D eigenvalue weighted by molar-refractivity contribution is 6.32. The SMILES string of the molecule is CC(=O)[C@@H]1CCCCN1Cc1cc(Cl)c(OCc2cccc(-c3cccc(OCCCN4CC[C@@H](O)C4)c3F)c2C)cc1OCc1cncc(C#N)c1. The van der Waals surface area contributed by atoms with E-state index in [1.165, 1.54) is 6.20 Å². The second-order valence-corrected chi connectivity index (χ2v) is 14.3. The maximum Gasteiger partial charge on any atom is 0.172 e. The summed E-state index contributed by atoms with van der Waals surface area (Å²) in [7, 11) is 0. The van der Waals surface area contributed by atoms with Gasteiger partial charge in [0, 0.05) is 61.3 Å². The number of β-amino-alcohol motifs (C(OH)–C–C–N with tert-alkyl or cyclic N) is 1. The number of aromatic nitrogens is 1. The monoisotopic (exact) mass is 740 g/mol. The van der Waals surface area contributed by atoms with E-state index >= 15 is 4.39 Å². The van der Waals surface area contributed by atoms with E-state index in [9.17, 15) is 15.2 Å². The molecular formula is C42H46ClFN4O5. The lowest BCUT2D eigenvalue weighted by molar-refractivity contribution is -0.123. The Morgan fingerprint density at radius 1 is 0.981 bits per heavy atom. The van der Waals surface area contributed by atoms with Gasteiger partial charge in [0.1, 0.15) is 36.6 Å². The molecule has 9 nitrogen and oxygen atoms in total. The average Bonchev–Trinajstić information content (AvgIpc) is 3.58. The number of aliphatic hydroxyl groups is 1. The number of aliphatic hydroxyl groups excluding tert-OH is 1. The van der Waals surface area contributed by atoms with Crippen molar-refractivity contribution in [1.29, 1.82) is 5.26 Å². The molecule has 2 saturated heterocycles. The summed E-state index contributed by atoms with van der Waals surface area (Å²) in [6.07, 6.45) is 7.26. The number of nitrogens with zero attached hydrogens (tertiary/aromatic N) is 4. The van der Waals surface area contributed by atoms with Gasteiger partial charge >= 0.3 is 0 Å². The summed E-state index contributed by atoms with van der Waals surface area (Å²) < 4.78 is 34.4. The molecular weight excluding hydrogens is 695 g/mol. The number of rotatable bonds is 15. The Kier molecular flexibility index (Phi) is 13.0. The summed E-state index contributed by atoms with van der Waals surface area (Å²) in [5.41, 5.74) is 4.91. The predicted molar refractivity (Wildman–Crippen MR) is 202 cm³/mol. The van der Waals surface area contributed by atoms with E-state index in [0.717, 1.165) is 79.6 Å². The van der Waals surface area contributed by atoms with Gasteiger partial charge in [-0.2, -0.15) is 5.26 Å². The Bertz CT molecular complexity index is 1950. The third-order valence-corrected chi connectivity index (χ3v) is 10.4. The maximum absolute atomic E-state index is 15.8. The van der Waals surface area contributed by atoms with Gasteiger partial charge in [-0.3, -0.25) is 14.7 Å². The quantitative estimate of drug-likeness (QED) is 0.123. The molecule has 6 rings (SSSR count). The van der Waals surface area contributed by atoms with Crippen molar-refractivity contribution in [3.05, 3.63) is 106 Å². The Hall–Kier alpha value is -4.53. The van der Waals surface area contributed by atoms with E-state index in [1.54, 1.807) is 43.5 Å². The summed E-state index contributed by atoms with van der Waals surface area (Å²) in [4.78, 5) is 21.0. The number of piperidine rings is 1. The first kappa shape index (κ1) is 38.2. The standard InChI is InChI=1S/C42H46ClFN4O5/c1-28-32(8-5-9-35(28)36-10-6-12-39(42(36)44)51-17-7-14-47-16-13-34(50)25-47)27-53-41-20-40(52-26-31-18-30(21-45)22-46-23-31)33(19-37(41)43)24-48-15-4-3-11-38(48)29(2)49/h5-6,8-10,12,18-20,22-23,34,38,50H,3-4,7,11,13-17,24-27H2,1-2H3/t34-,38+/m1/s1. The molecule has 2 aliphatic heterocycles. The second kappa shape index (κ2) is 18.0. The number of hydrogen-bond donors (Lipinski definition) is 1. The summed E-state index contributed by atoms with van der Waals surface area (Å²) >= 11 is 6.85. The van der Waals surface area contributed by atoms with Crippen molar-refractivity contribution in [1.82, 2.24) is 14.8 Å². The largest absolute Gasteiger partial charge is 0.490 e. The number of Topliss-reactive ketones (excluding diaryl/α,β-unsaturated/α-hetero) is 1. The van der Waals surface area contributed by atoms with Crippen molar-refractivity contribution in [2.75, 3.05) is 32.8 Å². The van der Waals surface area contributed by atoms with Gasteiger partial charge in [-0.15, -0.1) is 0 Å². The molecule has 1 N–H and O–H groups in total. The van der Waals surface area contributed by atoms with E-state index in [-0.39, 0.29) is 36.9 Å². The van der Waals surface area contributed by atoms with Crippen molar-refractivity contribution in [3.8, 4) is 34.4 Å². The van der Waals surface area contributed by atoms with Crippen molar-refractivity contribution < 1.29 is 28.5 Å². The lowest BCUT2D eigenvalue weighted by Gasteiger charge is -2.34. The number of hydrogen-bond acceptors (Lipinski definition) is 9. The number of likely N-dealkylation sites (tertiary alicyclic amines) is 2. The summed E-state index contributed by atoms with van der Waals surface area (Å²) in [6, 6.07) is 18.2. The third-order valence-electron chi connectivity index (χ3n) is 10.1. The molecule has 53 heavy (non-hydrogen) atoms. The van der Waals surface area contributed by atoms with Crippen molar-refractivity contribution in [3.63, 3.8) is 0 Å². The molecule has 278 valence electrons. The predicted octanol–water partition coefficient (Wildman–Crippen LogP) is 7.66. The molecule has 3 aromatic carbocycles. The first-order chi connectivity index (χ1) is 25.7. The maximum atomic E-state index is 15.8. The first-order valence-electron chi connectivity index (χ1n) is 18.3. The minimum Gasteiger partial charge on any atom is -0.490 e. The van der Waals surface area contributed by atoms with Gasteiger partial charge in [-0.1, -0.05) is 48.4 Å². The van der Waals surface area contributed by atoms with E-state index in [1.807, 2.05) is 31.2 Å². The fourth-order valence-corrected chi connectivity index (χ4v) is 7.44. The van der Waals surface area contributed by atoms with Gasteiger partial charge in [0.2, 0.25) is 0 Å². The zero-order valence-electron chi connectivity index (χ0n) is 30.3. The number of benzene rings is 3. The normalized spacial score (nSPS) is 17.7. The number of pyridine rings is 1. The minimum atomic E-state index is -0.415. The summed E-state index contributed by atoms with van der Waals surface area (Å²) in [5.74, 6) is 0.915. The van der Waals surface area contributed by atoms with Crippen LogP contribution >= 0.6 is 11.6 Å². The third kappa shape index (κ3) is 9.72. The average molecular weight is 741 g/mol. The fourth-order valence-electron chi connectivity index (χ4n) is 7.20. The van der Waals surface area contributed by atoms with Crippen LogP contribution in [0.25, 0.3) is 11.1 Å². The molecule has 0 unspecified atom stereocenters. The van der Waals surface area contributed by atoms with Crippen LogP contribution in [-0.2, 0) is 24.6 Å². The zero-order chi connectivity index (χ0) is 37.3. The Balaban J connectivity index is 1.18. The number of nitriles is 1. The molecule has 2 atom stereocenters. The van der Waals surface area contributed by atoms with Gasteiger partial charge in [0.15, 0.2) is 11.6 Å². The highest BCUT2D eigenvalue weighted by Crippen LogP contribution is 2.37. The van der Waals surface area contributed by atoms with E-state index < -0.39 is 5.82 Å². The van der Waals surface area contributed by atoms with Crippen LogP contribution in [-0.4, -0.2) is 70.6 Å². The molecule has 2 aliphatic rings. The topological polar surface area (TPSA) is 108 Å². The van der Waals surface area contributed by atoms with Crippen LogP contribution in [0.4, 0.5) is 4.39 Å². The fraction of sp³-hybridized carbons (Fsp3) is 0.405. The molecule has 2 fully saturated rings. The summed E-state index contributed by atoms with van der Waals surface area (Å²) in [5, 5.41) is 19.5. The Morgan fingerprint density at radius 3 is 2.58 bits per heavy atom. The lowest BCUT2D eigenvalue weighted by atomic mass is 9.96. The lowest BCUT2D eigenvalue weighted by Crippen LogP contribution is -2.43. The number of halogens is 2. The van der Waals surface area contributed by atoms with Crippen LogP contribution in [0.3, 0.4) is 0 Å². The Morgan fingerprint density at radius 2 is 1.79 bits per heavy atom. The molecule has 11 heteroatoms. The molecule has 0 bridgehead atoms. The molecule has 0 saturated carbocycles. The highest BCUT2D eigenvalue weighted by atomic mass is 35.5. The number of ether oxygens (including phenoxy) is 3. The molecule has 0 amide bonds. The van der Waals surface area contributed by atoms with Gasteiger partial charge in [-0.25, -0.2) is 4.39 Å². The zero-order valence-corrected chi connectivity index (χ0v) is 31.1. The number of carbonyl (C=O) groups excluding carboxylic acids is 1. The van der Waals surface area contributed by atoms with Crippen LogP contribution in [0, 0.1) is 24.1 Å². The molecule has 4 aromatic rings. The van der Waals surface area contributed by atoms with E-state index in [0.29, 0.717) is 47.3 Å². The van der Waals surface area contributed by atoms with Crippen LogP contribution in [0.15, 0.2) is 67.0 Å². The van der Waals surface area contributed by atoms with Gasteiger partial charge in [0.25, 0.3) is 0 Å². The molecule has 1 aromatic heterocycles. The Labute approximate surface area is 315 Å². The van der Waals surface area contributed by atoms with Crippen molar-refractivity contribution in [2.24, 2.45) is 0 Å². The van der Waals surface area contributed by atoms with Crippen LogP contribution in [0.1, 0.15) is 66.8 Å². The van der Waals surface area contributed by atoms with Crippen molar-refractivity contribution in [2.45, 2.75) is 77.9 Å². The van der Waals surface area contributed by atoms with Crippen LogP contribution in [0.2, 0.25) is 5.02 Å².